The summed E-state index contributed by atoms with van der Waals surface area (Å²) in [6, 6.07) is 2.08. The maximum Gasteiger partial charge on any atom is 0.244 e. The molecule has 7 heteroatoms. The highest BCUT2D eigenvalue weighted by molar-refractivity contribution is 9.10. The molecule has 2 heterocycles. The van der Waals surface area contributed by atoms with Gasteiger partial charge in [0.25, 0.3) is 0 Å². The number of nitrogens with one attached hydrogen (secondary N) is 2. The van der Waals surface area contributed by atoms with Crippen LogP contribution >= 0.6 is 27.3 Å². The maximum atomic E-state index is 12.0. The third kappa shape index (κ3) is 5.32. The van der Waals surface area contributed by atoms with E-state index in [9.17, 15) is 4.79 Å². The quantitative estimate of drug-likeness (QED) is 0.615. The number of carbonyl (C=O) groups is 1. The van der Waals surface area contributed by atoms with Crippen molar-refractivity contribution in [3.63, 3.8) is 0 Å². The molecule has 1 aromatic rings. The zero-order valence-corrected chi connectivity index (χ0v) is 14.6. The largest absolute Gasteiger partial charge is 0.357 e. The van der Waals surface area contributed by atoms with Crippen LogP contribution in [0.1, 0.15) is 24.6 Å². The van der Waals surface area contributed by atoms with Gasteiger partial charge in [-0.05, 0) is 41.8 Å². The molecular formula is C14H21BrN4OS. The molecule has 5 nitrogen and oxygen atoms in total. The number of halogens is 1. The Kier molecular flexibility index (Phi) is 6.50. The number of likely N-dealkylation sites (tertiary alicyclic amines) is 1. The summed E-state index contributed by atoms with van der Waals surface area (Å²) in [6.07, 6.45) is 2.22. The van der Waals surface area contributed by atoms with E-state index in [-0.39, 0.29) is 12.5 Å². The Morgan fingerprint density at radius 3 is 2.81 bits per heavy atom. The normalized spacial score (nSPS) is 15.3. The van der Waals surface area contributed by atoms with Crippen LogP contribution in [-0.2, 0) is 11.3 Å². The van der Waals surface area contributed by atoms with Gasteiger partial charge in [-0.15, -0.1) is 11.3 Å². The fourth-order valence-corrected chi connectivity index (χ4v) is 3.56. The van der Waals surface area contributed by atoms with Crippen LogP contribution < -0.4 is 10.6 Å². The first-order valence-corrected chi connectivity index (χ1v) is 8.89. The number of guanidine groups is 1. The summed E-state index contributed by atoms with van der Waals surface area (Å²) in [5, 5.41) is 8.47. The summed E-state index contributed by atoms with van der Waals surface area (Å²) in [6.45, 7) is 5.46. The standard InChI is InChI=1S/C14H21BrN4OS/c1-2-16-14(17-8-12-7-11(15)10-21-12)18-9-13(20)19-5-3-4-6-19/h7,10H,2-6,8-9H2,1H3,(H2,16,17,18). The molecular weight excluding hydrogens is 352 g/mol. The van der Waals surface area contributed by atoms with Crippen LogP contribution in [0.2, 0.25) is 0 Å². The Balaban J connectivity index is 1.84. The van der Waals surface area contributed by atoms with Crippen molar-refractivity contribution in [1.82, 2.24) is 15.5 Å². The number of carbonyl (C=O) groups excluding carboxylic acids is 1. The Morgan fingerprint density at radius 2 is 2.19 bits per heavy atom. The molecule has 0 aromatic carbocycles. The predicted molar refractivity (Wildman–Crippen MR) is 90.7 cm³/mol. The highest BCUT2D eigenvalue weighted by atomic mass is 79.9. The minimum Gasteiger partial charge on any atom is -0.357 e. The SMILES string of the molecule is CCNC(=NCC(=O)N1CCCC1)NCc1cc(Br)cs1. The lowest BCUT2D eigenvalue weighted by atomic mass is 10.4. The molecule has 0 aliphatic carbocycles. The van der Waals surface area contributed by atoms with Gasteiger partial charge in [-0.2, -0.15) is 0 Å². The van der Waals surface area contributed by atoms with Gasteiger partial charge < -0.3 is 15.5 Å². The fourth-order valence-electron chi connectivity index (χ4n) is 2.17. The second-order valence-corrected chi connectivity index (χ2v) is 6.78. The van der Waals surface area contributed by atoms with Crippen molar-refractivity contribution < 1.29 is 4.79 Å². The molecule has 1 aliphatic rings. The van der Waals surface area contributed by atoms with Crippen LogP contribution in [0.15, 0.2) is 20.9 Å². The minimum absolute atomic E-state index is 0.114. The molecule has 0 bridgehead atoms. The second kappa shape index (κ2) is 8.38. The molecule has 0 radical (unpaired) electrons. The predicted octanol–water partition coefficient (Wildman–Crippen LogP) is 2.19. The van der Waals surface area contributed by atoms with Gasteiger partial charge in [0.15, 0.2) is 5.96 Å². The van der Waals surface area contributed by atoms with Crippen molar-refractivity contribution in [2.45, 2.75) is 26.3 Å². The van der Waals surface area contributed by atoms with E-state index in [0.29, 0.717) is 12.5 Å². The summed E-state index contributed by atoms with van der Waals surface area (Å²) >= 11 is 5.13. The van der Waals surface area contributed by atoms with Gasteiger partial charge >= 0.3 is 0 Å². The van der Waals surface area contributed by atoms with E-state index in [4.69, 9.17) is 0 Å². The van der Waals surface area contributed by atoms with Gasteiger partial charge in [-0.3, -0.25) is 4.79 Å². The van der Waals surface area contributed by atoms with E-state index >= 15 is 0 Å². The van der Waals surface area contributed by atoms with Crippen LogP contribution in [0.5, 0.6) is 0 Å². The van der Waals surface area contributed by atoms with Gasteiger partial charge in [0.2, 0.25) is 5.91 Å². The van der Waals surface area contributed by atoms with Crippen molar-refractivity contribution in [3.05, 3.63) is 20.8 Å². The molecule has 0 spiro atoms. The Hall–Kier alpha value is -1.08. The number of amides is 1. The summed E-state index contributed by atoms with van der Waals surface area (Å²) in [7, 11) is 0. The summed E-state index contributed by atoms with van der Waals surface area (Å²) in [5.74, 6) is 0.804. The average Bonchev–Trinajstić information content (AvgIpc) is 3.13. The van der Waals surface area contributed by atoms with Crippen molar-refractivity contribution >= 4 is 39.1 Å². The number of rotatable bonds is 5. The molecule has 0 unspecified atom stereocenters. The van der Waals surface area contributed by atoms with Crippen LogP contribution in [-0.4, -0.2) is 42.9 Å². The minimum atomic E-state index is 0.114. The molecule has 2 N–H and O–H groups in total. The molecule has 116 valence electrons. The summed E-state index contributed by atoms with van der Waals surface area (Å²) in [5.41, 5.74) is 0. The van der Waals surface area contributed by atoms with Gasteiger partial charge in [-0.25, -0.2) is 4.99 Å². The Labute approximate surface area is 137 Å². The molecule has 1 saturated heterocycles. The van der Waals surface area contributed by atoms with E-state index in [2.05, 4.69) is 43.0 Å². The van der Waals surface area contributed by atoms with Crippen molar-refractivity contribution in [1.29, 1.82) is 0 Å². The van der Waals surface area contributed by atoms with E-state index in [0.717, 1.165) is 36.9 Å². The van der Waals surface area contributed by atoms with Gasteiger partial charge in [0.05, 0.1) is 6.54 Å². The van der Waals surface area contributed by atoms with Crippen molar-refractivity contribution in [3.8, 4) is 0 Å². The first-order valence-electron chi connectivity index (χ1n) is 7.22. The van der Waals surface area contributed by atoms with E-state index in [1.807, 2.05) is 11.8 Å². The smallest absolute Gasteiger partial charge is 0.244 e. The zero-order chi connectivity index (χ0) is 15.1. The topological polar surface area (TPSA) is 56.7 Å². The molecule has 1 aromatic heterocycles. The Bertz CT molecular complexity index is 497. The number of nitrogens with zero attached hydrogens (tertiary/aromatic N) is 2. The summed E-state index contributed by atoms with van der Waals surface area (Å²) in [4.78, 5) is 19.5. The molecule has 0 atom stereocenters. The van der Waals surface area contributed by atoms with Crippen LogP contribution in [0.25, 0.3) is 0 Å². The highest BCUT2D eigenvalue weighted by Gasteiger charge is 2.17. The van der Waals surface area contributed by atoms with E-state index in [1.54, 1.807) is 11.3 Å². The first-order chi connectivity index (χ1) is 10.2. The van der Waals surface area contributed by atoms with Gasteiger partial charge in [-0.1, -0.05) is 0 Å². The van der Waals surface area contributed by atoms with Crippen molar-refractivity contribution in [2.24, 2.45) is 4.99 Å². The van der Waals surface area contributed by atoms with E-state index < -0.39 is 0 Å². The van der Waals surface area contributed by atoms with Crippen molar-refractivity contribution in [2.75, 3.05) is 26.2 Å². The molecule has 1 amide bonds. The number of hydrogen-bond acceptors (Lipinski definition) is 3. The second-order valence-electron chi connectivity index (χ2n) is 4.87. The lowest BCUT2D eigenvalue weighted by Crippen LogP contribution is -2.38. The zero-order valence-electron chi connectivity index (χ0n) is 12.2. The maximum absolute atomic E-state index is 12.0. The highest BCUT2D eigenvalue weighted by Crippen LogP contribution is 2.19. The van der Waals surface area contributed by atoms with E-state index in [1.165, 1.54) is 4.88 Å². The number of thiophene rings is 1. The molecule has 0 saturated carbocycles. The number of hydrogen-bond donors (Lipinski definition) is 2. The monoisotopic (exact) mass is 372 g/mol. The third-order valence-corrected chi connectivity index (χ3v) is 4.92. The van der Waals surface area contributed by atoms with Crippen LogP contribution in [0, 0.1) is 0 Å². The number of aliphatic imine (C=N–C) groups is 1. The molecule has 1 fully saturated rings. The molecule has 1 aliphatic heterocycles. The lowest BCUT2D eigenvalue weighted by molar-refractivity contribution is -0.128. The molecule has 21 heavy (non-hydrogen) atoms. The molecule has 2 rings (SSSR count). The van der Waals surface area contributed by atoms with Crippen LogP contribution in [0.4, 0.5) is 0 Å². The summed E-state index contributed by atoms with van der Waals surface area (Å²) < 4.78 is 1.09. The lowest BCUT2D eigenvalue weighted by Gasteiger charge is -2.15. The third-order valence-electron chi connectivity index (χ3n) is 3.23. The first kappa shape index (κ1) is 16.3. The average molecular weight is 373 g/mol. The van der Waals surface area contributed by atoms with Gasteiger partial charge in [0.1, 0.15) is 6.54 Å². The van der Waals surface area contributed by atoms with Crippen LogP contribution in [0.3, 0.4) is 0 Å². The Morgan fingerprint density at radius 1 is 1.43 bits per heavy atom. The van der Waals surface area contributed by atoms with Gasteiger partial charge in [0, 0.05) is 34.4 Å². The fraction of sp³-hybridized carbons (Fsp3) is 0.571.